The van der Waals surface area contributed by atoms with E-state index in [0.717, 1.165) is 37.7 Å². The SMILES string of the molecule is CCOC(=O)c1c(NC(=O)CCC2CCCC2)sc2c1CCCC2. The second kappa shape index (κ2) is 8.15. The standard InChI is InChI=1S/C19H27NO3S/c1-2-23-19(22)17-14-9-5-6-10-15(14)24-18(17)20-16(21)12-11-13-7-3-4-8-13/h13H,2-12H2,1H3,(H,20,21). The number of hydrogen-bond donors (Lipinski definition) is 1. The number of fused-ring (bicyclic) bond motifs is 1. The molecule has 1 fully saturated rings. The van der Waals surface area contributed by atoms with Crippen molar-refractivity contribution < 1.29 is 14.3 Å². The number of carbonyl (C=O) groups excluding carboxylic acids is 2. The lowest BCUT2D eigenvalue weighted by molar-refractivity contribution is -0.116. The van der Waals surface area contributed by atoms with Gasteiger partial charge in [-0.15, -0.1) is 11.3 Å². The highest BCUT2D eigenvalue weighted by atomic mass is 32.1. The van der Waals surface area contributed by atoms with Gasteiger partial charge in [0.1, 0.15) is 5.00 Å². The van der Waals surface area contributed by atoms with Crippen LogP contribution in [0.15, 0.2) is 0 Å². The van der Waals surface area contributed by atoms with Crippen molar-refractivity contribution in [3.63, 3.8) is 0 Å². The van der Waals surface area contributed by atoms with Crippen LogP contribution in [0.3, 0.4) is 0 Å². The molecule has 1 N–H and O–H groups in total. The Labute approximate surface area is 148 Å². The molecule has 0 atom stereocenters. The zero-order chi connectivity index (χ0) is 16.9. The van der Waals surface area contributed by atoms with Crippen molar-refractivity contribution in [2.45, 2.75) is 71.1 Å². The lowest BCUT2D eigenvalue weighted by atomic mass is 9.95. The molecule has 0 aromatic carbocycles. The van der Waals surface area contributed by atoms with Crippen LogP contribution in [0.4, 0.5) is 5.00 Å². The summed E-state index contributed by atoms with van der Waals surface area (Å²) in [6.07, 6.45) is 10.8. The molecule has 0 bridgehead atoms. The van der Waals surface area contributed by atoms with Crippen molar-refractivity contribution in [1.29, 1.82) is 0 Å². The summed E-state index contributed by atoms with van der Waals surface area (Å²) >= 11 is 1.57. The summed E-state index contributed by atoms with van der Waals surface area (Å²) in [7, 11) is 0. The highest BCUT2D eigenvalue weighted by Gasteiger charge is 2.27. The van der Waals surface area contributed by atoms with Crippen LogP contribution in [-0.2, 0) is 22.4 Å². The smallest absolute Gasteiger partial charge is 0.341 e. The third kappa shape index (κ3) is 4.00. The first-order valence-electron chi connectivity index (χ1n) is 9.30. The fraction of sp³-hybridized carbons (Fsp3) is 0.684. The molecule has 0 radical (unpaired) electrons. The van der Waals surface area contributed by atoms with Gasteiger partial charge in [0.2, 0.25) is 5.91 Å². The average molecular weight is 349 g/mol. The van der Waals surface area contributed by atoms with Crippen molar-refractivity contribution in [2.24, 2.45) is 5.92 Å². The maximum absolute atomic E-state index is 12.4. The quantitative estimate of drug-likeness (QED) is 0.757. The zero-order valence-corrected chi connectivity index (χ0v) is 15.3. The van der Waals surface area contributed by atoms with Crippen LogP contribution in [0.1, 0.15) is 79.1 Å². The van der Waals surface area contributed by atoms with Gasteiger partial charge in [-0.3, -0.25) is 4.79 Å². The van der Waals surface area contributed by atoms with E-state index in [1.807, 2.05) is 6.92 Å². The van der Waals surface area contributed by atoms with E-state index in [0.29, 0.717) is 29.5 Å². The van der Waals surface area contributed by atoms with E-state index in [4.69, 9.17) is 4.74 Å². The Morgan fingerprint density at radius 3 is 2.67 bits per heavy atom. The molecule has 2 aliphatic carbocycles. The Kier molecular flexibility index (Phi) is 5.93. The van der Waals surface area contributed by atoms with Crippen molar-refractivity contribution in [2.75, 3.05) is 11.9 Å². The predicted octanol–water partition coefficient (Wildman–Crippen LogP) is 4.71. The van der Waals surface area contributed by atoms with Crippen LogP contribution < -0.4 is 5.32 Å². The van der Waals surface area contributed by atoms with Gasteiger partial charge < -0.3 is 10.1 Å². The molecule has 1 aromatic rings. The van der Waals surface area contributed by atoms with E-state index in [1.54, 1.807) is 11.3 Å². The second-order valence-corrected chi connectivity index (χ2v) is 7.98. The highest BCUT2D eigenvalue weighted by Crippen LogP contribution is 2.39. The Morgan fingerprint density at radius 2 is 1.92 bits per heavy atom. The van der Waals surface area contributed by atoms with Crippen molar-refractivity contribution in [3.8, 4) is 0 Å². The maximum atomic E-state index is 12.4. The molecule has 0 spiro atoms. The van der Waals surface area contributed by atoms with Crippen molar-refractivity contribution in [3.05, 3.63) is 16.0 Å². The number of ether oxygens (including phenoxy) is 1. The molecule has 1 heterocycles. The van der Waals surface area contributed by atoms with Crippen LogP contribution in [0.5, 0.6) is 0 Å². The van der Waals surface area contributed by atoms with Gasteiger partial charge >= 0.3 is 5.97 Å². The van der Waals surface area contributed by atoms with Gasteiger partial charge in [-0.25, -0.2) is 4.79 Å². The Bertz CT molecular complexity index is 602. The molecular formula is C19H27NO3S. The molecule has 0 saturated heterocycles. The van der Waals surface area contributed by atoms with Gasteiger partial charge in [0, 0.05) is 11.3 Å². The lowest BCUT2D eigenvalue weighted by Gasteiger charge is -2.12. The Hall–Kier alpha value is -1.36. The average Bonchev–Trinajstić information content (AvgIpc) is 3.20. The number of carbonyl (C=O) groups is 2. The van der Waals surface area contributed by atoms with Crippen molar-refractivity contribution in [1.82, 2.24) is 0 Å². The summed E-state index contributed by atoms with van der Waals surface area (Å²) in [5.74, 6) is 0.450. The molecule has 0 unspecified atom stereocenters. The van der Waals surface area contributed by atoms with Gasteiger partial charge in [-0.2, -0.15) is 0 Å². The Balaban J connectivity index is 1.70. The molecule has 5 heteroatoms. The minimum atomic E-state index is -0.289. The minimum Gasteiger partial charge on any atom is -0.462 e. The summed E-state index contributed by atoms with van der Waals surface area (Å²) in [6, 6.07) is 0. The van der Waals surface area contributed by atoms with Gasteiger partial charge in [-0.1, -0.05) is 25.7 Å². The number of thiophene rings is 1. The summed E-state index contributed by atoms with van der Waals surface area (Å²) in [6.45, 7) is 2.18. The molecule has 3 rings (SSSR count). The van der Waals surface area contributed by atoms with E-state index in [1.165, 1.54) is 30.6 Å². The van der Waals surface area contributed by atoms with E-state index in [9.17, 15) is 9.59 Å². The summed E-state index contributed by atoms with van der Waals surface area (Å²) in [4.78, 5) is 26.0. The molecule has 4 nitrogen and oxygen atoms in total. The number of aryl methyl sites for hydroxylation is 1. The lowest BCUT2D eigenvalue weighted by Crippen LogP contribution is -2.16. The number of esters is 1. The van der Waals surface area contributed by atoms with E-state index in [2.05, 4.69) is 5.32 Å². The van der Waals surface area contributed by atoms with Crippen LogP contribution in [0.25, 0.3) is 0 Å². The monoisotopic (exact) mass is 349 g/mol. The molecule has 2 aliphatic rings. The first kappa shape index (κ1) is 17.5. The first-order chi connectivity index (χ1) is 11.7. The third-order valence-corrected chi connectivity index (χ3v) is 6.37. The number of rotatable bonds is 6. The minimum absolute atomic E-state index is 0.0334. The number of hydrogen-bond acceptors (Lipinski definition) is 4. The second-order valence-electron chi connectivity index (χ2n) is 6.87. The fourth-order valence-electron chi connectivity index (χ4n) is 3.90. The normalized spacial score (nSPS) is 17.5. The Morgan fingerprint density at radius 1 is 1.17 bits per heavy atom. The van der Waals surface area contributed by atoms with Crippen LogP contribution in [0.2, 0.25) is 0 Å². The first-order valence-corrected chi connectivity index (χ1v) is 10.1. The van der Waals surface area contributed by atoms with Gasteiger partial charge in [0.25, 0.3) is 0 Å². The molecule has 1 amide bonds. The summed E-state index contributed by atoms with van der Waals surface area (Å²) in [5.41, 5.74) is 1.72. The summed E-state index contributed by atoms with van der Waals surface area (Å²) in [5, 5.41) is 3.72. The van der Waals surface area contributed by atoms with Gasteiger partial charge in [0.15, 0.2) is 0 Å². The fourth-order valence-corrected chi connectivity index (χ4v) is 5.19. The molecule has 1 aromatic heterocycles. The molecule has 0 aliphatic heterocycles. The highest BCUT2D eigenvalue weighted by molar-refractivity contribution is 7.17. The van der Waals surface area contributed by atoms with E-state index in [-0.39, 0.29) is 11.9 Å². The van der Waals surface area contributed by atoms with Crippen LogP contribution >= 0.6 is 11.3 Å². The van der Waals surface area contributed by atoms with Crippen LogP contribution in [-0.4, -0.2) is 18.5 Å². The molecular weight excluding hydrogens is 322 g/mol. The van der Waals surface area contributed by atoms with Gasteiger partial charge in [0.05, 0.1) is 12.2 Å². The zero-order valence-electron chi connectivity index (χ0n) is 14.5. The van der Waals surface area contributed by atoms with Crippen LogP contribution in [0, 0.1) is 5.92 Å². The van der Waals surface area contributed by atoms with E-state index >= 15 is 0 Å². The number of anilines is 1. The third-order valence-electron chi connectivity index (χ3n) is 5.16. The maximum Gasteiger partial charge on any atom is 0.341 e. The summed E-state index contributed by atoms with van der Waals surface area (Å²) < 4.78 is 5.23. The van der Waals surface area contributed by atoms with Gasteiger partial charge in [-0.05, 0) is 50.5 Å². The van der Waals surface area contributed by atoms with E-state index < -0.39 is 0 Å². The number of amides is 1. The molecule has 1 saturated carbocycles. The topological polar surface area (TPSA) is 55.4 Å². The molecule has 132 valence electrons. The van der Waals surface area contributed by atoms with Crippen molar-refractivity contribution >= 4 is 28.2 Å². The largest absolute Gasteiger partial charge is 0.462 e. The number of nitrogens with one attached hydrogen (secondary N) is 1. The molecule has 24 heavy (non-hydrogen) atoms. The predicted molar refractivity (Wildman–Crippen MR) is 96.7 cm³/mol.